The second kappa shape index (κ2) is 7.85. The third-order valence-corrected chi connectivity index (χ3v) is 3.43. The van der Waals surface area contributed by atoms with Crippen molar-refractivity contribution in [2.24, 2.45) is 5.92 Å². The molecule has 1 aromatic heterocycles. The number of benzene rings is 1. The van der Waals surface area contributed by atoms with Gasteiger partial charge in [0.1, 0.15) is 5.82 Å². The van der Waals surface area contributed by atoms with Gasteiger partial charge in [-0.25, -0.2) is 4.39 Å². The molecule has 3 heteroatoms. The van der Waals surface area contributed by atoms with Crippen LogP contribution in [0.1, 0.15) is 24.5 Å². The Hall–Kier alpha value is -1.61. The fraction of sp³-hybridized carbons (Fsp3) is 0.412. The molecule has 1 N–H and O–H groups in total. The number of rotatable bonds is 8. The Labute approximate surface area is 120 Å². The average molecular weight is 275 g/mol. The van der Waals surface area contributed by atoms with Gasteiger partial charge in [0.15, 0.2) is 0 Å². The van der Waals surface area contributed by atoms with E-state index in [2.05, 4.69) is 12.2 Å². The lowest BCUT2D eigenvalue weighted by molar-refractivity contribution is 0.458. The van der Waals surface area contributed by atoms with Crippen LogP contribution in [0.4, 0.5) is 4.39 Å². The molecule has 1 atom stereocenters. The first-order chi connectivity index (χ1) is 9.79. The molecule has 0 spiro atoms. The summed E-state index contributed by atoms with van der Waals surface area (Å²) in [5, 5.41) is 3.43. The summed E-state index contributed by atoms with van der Waals surface area (Å²) < 4.78 is 18.9. The highest BCUT2D eigenvalue weighted by molar-refractivity contribution is 5.18. The largest absolute Gasteiger partial charge is 0.472 e. The van der Waals surface area contributed by atoms with E-state index in [0.717, 1.165) is 37.9 Å². The molecule has 2 nitrogen and oxygen atoms in total. The van der Waals surface area contributed by atoms with Crippen LogP contribution >= 0.6 is 0 Å². The summed E-state index contributed by atoms with van der Waals surface area (Å²) in [6, 6.07) is 9.02. The predicted molar refractivity (Wildman–Crippen MR) is 79.2 cm³/mol. The first-order valence-corrected chi connectivity index (χ1v) is 7.24. The molecule has 0 fully saturated rings. The average Bonchev–Trinajstić information content (AvgIpc) is 2.94. The van der Waals surface area contributed by atoms with Crippen molar-refractivity contribution in [3.63, 3.8) is 0 Å². The van der Waals surface area contributed by atoms with Crippen molar-refractivity contribution in [1.82, 2.24) is 5.32 Å². The zero-order valence-corrected chi connectivity index (χ0v) is 11.9. The normalized spacial score (nSPS) is 12.5. The Morgan fingerprint density at radius 2 is 2.05 bits per heavy atom. The predicted octanol–water partition coefficient (Wildman–Crippen LogP) is 3.82. The van der Waals surface area contributed by atoms with Crippen molar-refractivity contribution < 1.29 is 8.81 Å². The molecule has 1 unspecified atom stereocenters. The summed E-state index contributed by atoms with van der Waals surface area (Å²) >= 11 is 0. The van der Waals surface area contributed by atoms with Gasteiger partial charge >= 0.3 is 0 Å². The summed E-state index contributed by atoms with van der Waals surface area (Å²) in [6.07, 6.45) is 6.22. The zero-order valence-electron chi connectivity index (χ0n) is 11.9. The molecule has 1 aromatic carbocycles. The van der Waals surface area contributed by atoms with Gasteiger partial charge in [-0.1, -0.05) is 25.1 Å². The highest BCUT2D eigenvalue weighted by Crippen LogP contribution is 2.17. The molecule has 2 rings (SSSR count). The van der Waals surface area contributed by atoms with Gasteiger partial charge in [-0.15, -0.1) is 0 Å². The Balaban J connectivity index is 1.99. The minimum absolute atomic E-state index is 0.111. The smallest absolute Gasteiger partial charge is 0.126 e. The molecule has 20 heavy (non-hydrogen) atoms. The van der Waals surface area contributed by atoms with Gasteiger partial charge in [-0.3, -0.25) is 0 Å². The molecule has 108 valence electrons. The van der Waals surface area contributed by atoms with Gasteiger partial charge in [0, 0.05) is 0 Å². The van der Waals surface area contributed by atoms with Crippen LogP contribution < -0.4 is 5.32 Å². The van der Waals surface area contributed by atoms with E-state index in [-0.39, 0.29) is 5.82 Å². The van der Waals surface area contributed by atoms with E-state index in [1.165, 1.54) is 11.6 Å². The molecule has 0 amide bonds. The maximum absolute atomic E-state index is 13.8. The summed E-state index contributed by atoms with van der Waals surface area (Å²) in [6.45, 7) is 4.04. The van der Waals surface area contributed by atoms with Crippen LogP contribution in [0.25, 0.3) is 0 Å². The standard InChI is InChI=1S/C17H22FNO/c1-2-8-19-12-15(10-14-7-9-20-13-14)11-16-5-3-4-6-17(16)18/h3-7,9,13,15,19H,2,8,10-12H2,1H3. The molecule has 1 heterocycles. The molecule has 0 saturated carbocycles. The first-order valence-electron chi connectivity index (χ1n) is 7.24. The molecular formula is C17H22FNO. The maximum Gasteiger partial charge on any atom is 0.126 e. The van der Waals surface area contributed by atoms with E-state index >= 15 is 0 Å². The molecule has 0 radical (unpaired) electrons. The van der Waals surface area contributed by atoms with Crippen LogP contribution in [0.2, 0.25) is 0 Å². The van der Waals surface area contributed by atoms with E-state index in [9.17, 15) is 4.39 Å². The van der Waals surface area contributed by atoms with Crippen molar-refractivity contribution in [2.45, 2.75) is 26.2 Å². The quantitative estimate of drug-likeness (QED) is 0.741. The Morgan fingerprint density at radius 1 is 1.20 bits per heavy atom. The van der Waals surface area contributed by atoms with Crippen LogP contribution in [0.3, 0.4) is 0 Å². The lowest BCUT2D eigenvalue weighted by atomic mass is 9.93. The van der Waals surface area contributed by atoms with Crippen molar-refractivity contribution >= 4 is 0 Å². The highest BCUT2D eigenvalue weighted by Gasteiger charge is 2.13. The third kappa shape index (κ3) is 4.49. The number of nitrogens with one attached hydrogen (secondary N) is 1. The summed E-state index contributed by atoms with van der Waals surface area (Å²) in [5.74, 6) is 0.260. The van der Waals surface area contributed by atoms with Gasteiger partial charge in [0.2, 0.25) is 0 Å². The fourth-order valence-corrected chi connectivity index (χ4v) is 2.42. The van der Waals surface area contributed by atoms with Gasteiger partial charge in [0.05, 0.1) is 12.5 Å². The fourth-order valence-electron chi connectivity index (χ4n) is 2.42. The number of hydrogen-bond donors (Lipinski definition) is 1. The summed E-state index contributed by atoms with van der Waals surface area (Å²) in [7, 11) is 0. The maximum atomic E-state index is 13.8. The second-order valence-corrected chi connectivity index (χ2v) is 5.20. The zero-order chi connectivity index (χ0) is 14.2. The van der Waals surface area contributed by atoms with Gasteiger partial charge in [-0.2, -0.15) is 0 Å². The second-order valence-electron chi connectivity index (χ2n) is 5.20. The summed E-state index contributed by atoms with van der Waals surface area (Å²) in [4.78, 5) is 0. The highest BCUT2D eigenvalue weighted by atomic mass is 19.1. The Morgan fingerprint density at radius 3 is 2.75 bits per heavy atom. The van der Waals surface area contributed by atoms with E-state index in [1.807, 2.05) is 18.2 Å². The molecule has 0 aliphatic carbocycles. The van der Waals surface area contributed by atoms with E-state index in [1.54, 1.807) is 18.6 Å². The minimum Gasteiger partial charge on any atom is -0.472 e. The van der Waals surface area contributed by atoms with E-state index < -0.39 is 0 Å². The lowest BCUT2D eigenvalue weighted by Gasteiger charge is -2.17. The molecule has 0 bridgehead atoms. The van der Waals surface area contributed by atoms with Crippen LogP contribution in [-0.4, -0.2) is 13.1 Å². The van der Waals surface area contributed by atoms with E-state index in [4.69, 9.17) is 4.42 Å². The number of hydrogen-bond acceptors (Lipinski definition) is 2. The molecular weight excluding hydrogens is 253 g/mol. The van der Waals surface area contributed by atoms with Crippen molar-refractivity contribution in [1.29, 1.82) is 0 Å². The van der Waals surface area contributed by atoms with Crippen molar-refractivity contribution in [3.05, 3.63) is 59.8 Å². The topological polar surface area (TPSA) is 25.2 Å². The van der Waals surface area contributed by atoms with E-state index in [0.29, 0.717) is 5.92 Å². The molecule has 0 aliphatic heterocycles. The minimum atomic E-state index is -0.111. The SMILES string of the molecule is CCCNCC(Cc1ccoc1)Cc1ccccc1F. The van der Waals surface area contributed by atoms with Gasteiger partial charge in [0.25, 0.3) is 0 Å². The Bertz CT molecular complexity index is 495. The van der Waals surface area contributed by atoms with Crippen molar-refractivity contribution in [3.8, 4) is 0 Å². The number of furan rings is 1. The third-order valence-electron chi connectivity index (χ3n) is 3.43. The van der Waals surface area contributed by atoms with Crippen LogP contribution in [0, 0.1) is 11.7 Å². The molecule has 2 aromatic rings. The van der Waals surface area contributed by atoms with Gasteiger partial charge < -0.3 is 9.73 Å². The first kappa shape index (κ1) is 14.8. The monoisotopic (exact) mass is 275 g/mol. The van der Waals surface area contributed by atoms with Crippen LogP contribution in [0.15, 0.2) is 47.3 Å². The van der Waals surface area contributed by atoms with Crippen LogP contribution in [-0.2, 0) is 12.8 Å². The lowest BCUT2D eigenvalue weighted by Crippen LogP contribution is -2.26. The van der Waals surface area contributed by atoms with Gasteiger partial charge in [-0.05, 0) is 61.5 Å². The molecule has 0 aliphatic rings. The Kier molecular flexibility index (Phi) is 5.81. The molecule has 0 saturated heterocycles. The number of halogens is 1. The van der Waals surface area contributed by atoms with Crippen molar-refractivity contribution in [2.75, 3.05) is 13.1 Å². The summed E-state index contributed by atoms with van der Waals surface area (Å²) in [5.41, 5.74) is 1.96. The van der Waals surface area contributed by atoms with Crippen LogP contribution in [0.5, 0.6) is 0 Å².